The fraction of sp³-hybridized carbons (Fsp3) is 0.647. The highest BCUT2D eigenvalue weighted by Gasteiger charge is 2.07. The summed E-state index contributed by atoms with van der Waals surface area (Å²) in [5, 5.41) is 3.16. The number of rotatable bonds is 10. The first-order valence-electron chi connectivity index (χ1n) is 7.70. The van der Waals surface area contributed by atoms with Crippen molar-refractivity contribution in [1.29, 1.82) is 0 Å². The maximum atomic E-state index is 5.90. The van der Waals surface area contributed by atoms with Gasteiger partial charge < -0.3 is 10.1 Å². The molecule has 20 heavy (non-hydrogen) atoms. The third-order valence-corrected chi connectivity index (χ3v) is 4.39. The molecule has 0 amide bonds. The highest BCUT2D eigenvalue weighted by atomic mass is 79.9. The molecule has 0 saturated heterocycles. The molecule has 1 atom stereocenters. The molecule has 0 aliphatic carbocycles. The summed E-state index contributed by atoms with van der Waals surface area (Å²) in [7, 11) is 1.96. The quantitative estimate of drug-likeness (QED) is 0.653. The third-order valence-electron chi connectivity index (χ3n) is 3.65. The molecule has 0 spiro atoms. The summed E-state index contributed by atoms with van der Waals surface area (Å²) in [5.74, 6) is 0.706. The number of ether oxygens (including phenoxy) is 1. The van der Waals surface area contributed by atoms with Gasteiger partial charge in [-0.15, -0.1) is 0 Å². The average Bonchev–Trinajstić information content (AvgIpc) is 2.45. The van der Waals surface area contributed by atoms with Crippen molar-refractivity contribution in [3.05, 3.63) is 33.8 Å². The number of hydrogen-bond acceptors (Lipinski definition) is 2. The van der Waals surface area contributed by atoms with Gasteiger partial charge in [-0.25, -0.2) is 0 Å². The largest absolute Gasteiger partial charge is 0.376 e. The Hall–Kier alpha value is -0.380. The van der Waals surface area contributed by atoms with Crippen LogP contribution in [0.5, 0.6) is 0 Å². The van der Waals surface area contributed by atoms with E-state index < -0.39 is 0 Å². The monoisotopic (exact) mass is 341 g/mol. The smallest absolute Gasteiger partial charge is 0.0727 e. The predicted molar refractivity (Wildman–Crippen MR) is 89.9 cm³/mol. The molecule has 114 valence electrons. The van der Waals surface area contributed by atoms with E-state index in [-0.39, 0.29) is 0 Å². The van der Waals surface area contributed by atoms with Crippen molar-refractivity contribution in [2.24, 2.45) is 5.92 Å². The van der Waals surface area contributed by atoms with Crippen molar-refractivity contribution in [2.45, 2.75) is 52.7 Å². The number of halogens is 1. The van der Waals surface area contributed by atoms with E-state index in [0.29, 0.717) is 12.5 Å². The summed E-state index contributed by atoms with van der Waals surface area (Å²) in [5.41, 5.74) is 2.52. The Morgan fingerprint density at radius 1 is 1.30 bits per heavy atom. The molecule has 0 aromatic heterocycles. The van der Waals surface area contributed by atoms with Gasteiger partial charge in [0, 0.05) is 17.6 Å². The van der Waals surface area contributed by atoms with E-state index in [4.69, 9.17) is 4.74 Å². The van der Waals surface area contributed by atoms with Gasteiger partial charge in [0.15, 0.2) is 0 Å². The van der Waals surface area contributed by atoms with Crippen LogP contribution in [0.4, 0.5) is 0 Å². The second kappa shape index (κ2) is 10.4. The van der Waals surface area contributed by atoms with Crippen molar-refractivity contribution < 1.29 is 4.74 Å². The zero-order valence-electron chi connectivity index (χ0n) is 13.0. The van der Waals surface area contributed by atoms with Gasteiger partial charge in [-0.1, -0.05) is 61.2 Å². The Morgan fingerprint density at radius 2 is 2.10 bits per heavy atom. The van der Waals surface area contributed by atoms with E-state index in [1.165, 1.54) is 36.8 Å². The van der Waals surface area contributed by atoms with Crippen LogP contribution in [0.1, 0.15) is 50.7 Å². The summed E-state index contributed by atoms with van der Waals surface area (Å²) in [6, 6.07) is 6.49. The molecule has 0 saturated carbocycles. The molecule has 0 bridgehead atoms. The van der Waals surface area contributed by atoms with Gasteiger partial charge in [0.1, 0.15) is 0 Å². The number of hydrogen-bond donors (Lipinski definition) is 1. The minimum Gasteiger partial charge on any atom is -0.376 e. The molecule has 0 aliphatic rings. The van der Waals surface area contributed by atoms with Crippen LogP contribution in [0.3, 0.4) is 0 Å². The minimum absolute atomic E-state index is 0.697. The van der Waals surface area contributed by atoms with Crippen LogP contribution < -0.4 is 5.32 Å². The van der Waals surface area contributed by atoms with Gasteiger partial charge in [-0.05, 0) is 36.6 Å². The van der Waals surface area contributed by atoms with Gasteiger partial charge >= 0.3 is 0 Å². The summed E-state index contributed by atoms with van der Waals surface area (Å²) in [6.45, 7) is 6.97. The standard InChI is InChI=1S/C17H28BrNO/c1-4-6-7-14(5-2)12-20-13-16-9-8-15(11-19-3)10-17(16)18/h8-10,14,19H,4-7,11-13H2,1-3H3. The first-order chi connectivity index (χ1) is 9.71. The van der Waals surface area contributed by atoms with E-state index >= 15 is 0 Å². The molecular formula is C17H28BrNO. The number of benzene rings is 1. The summed E-state index contributed by atoms with van der Waals surface area (Å²) < 4.78 is 7.05. The molecule has 1 aromatic rings. The van der Waals surface area contributed by atoms with Crippen molar-refractivity contribution >= 4 is 15.9 Å². The van der Waals surface area contributed by atoms with Gasteiger partial charge in [0.25, 0.3) is 0 Å². The lowest BCUT2D eigenvalue weighted by molar-refractivity contribution is 0.0816. The molecule has 1 N–H and O–H groups in total. The molecular weight excluding hydrogens is 314 g/mol. The molecule has 2 nitrogen and oxygen atoms in total. The van der Waals surface area contributed by atoms with Crippen LogP contribution in [0.25, 0.3) is 0 Å². The van der Waals surface area contributed by atoms with Crippen molar-refractivity contribution in [2.75, 3.05) is 13.7 Å². The maximum Gasteiger partial charge on any atom is 0.0727 e. The van der Waals surface area contributed by atoms with E-state index in [1.807, 2.05) is 7.05 Å². The molecule has 3 heteroatoms. The first-order valence-corrected chi connectivity index (χ1v) is 8.50. The van der Waals surface area contributed by atoms with E-state index in [1.54, 1.807) is 0 Å². The lowest BCUT2D eigenvalue weighted by Gasteiger charge is -2.15. The average molecular weight is 342 g/mol. The third kappa shape index (κ3) is 6.38. The SMILES string of the molecule is CCCCC(CC)COCc1ccc(CNC)cc1Br. The summed E-state index contributed by atoms with van der Waals surface area (Å²) in [6.07, 6.45) is 5.08. The van der Waals surface area contributed by atoms with Crippen molar-refractivity contribution in [3.63, 3.8) is 0 Å². The van der Waals surface area contributed by atoms with Crippen LogP contribution in [-0.2, 0) is 17.9 Å². The van der Waals surface area contributed by atoms with Crippen LogP contribution >= 0.6 is 15.9 Å². The second-order valence-corrected chi connectivity index (χ2v) is 6.24. The molecule has 1 aromatic carbocycles. The van der Waals surface area contributed by atoms with Crippen LogP contribution in [0, 0.1) is 5.92 Å². The Labute approximate surface area is 132 Å². The molecule has 0 aliphatic heterocycles. The van der Waals surface area contributed by atoms with E-state index in [0.717, 1.165) is 17.6 Å². The molecule has 1 rings (SSSR count). The predicted octanol–water partition coefficient (Wildman–Crippen LogP) is 4.90. The van der Waals surface area contributed by atoms with Crippen molar-refractivity contribution in [1.82, 2.24) is 5.32 Å². The normalized spacial score (nSPS) is 12.6. The summed E-state index contributed by atoms with van der Waals surface area (Å²) in [4.78, 5) is 0. The Morgan fingerprint density at radius 3 is 2.70 bits per heavy atom. The zero-order chi connectivity index (χ0) is 14.8. The Balaban J connectivity index is 2.41. The highest BCUT2D eigenvalue weighted by molar-refractivity contribution is 9.10. The second-order valence-electron chi connectivity index (χ2n) is 5.39. The Bertz CT molecular complexity index is 381. The van der Waals surface area contributed by atoms with Crippen LogP contribution in [-0.4, -0.2) is 13.7 Å². The lowest BCUT2D eigenvalue weighted by atomic mass is 10.0. The summed E-state index contributed by atoms with van der Waals surface area (Å²) >= 11 is 3.64. The minimum atomic E-state index is 0.697. The molecule has 0 radical (unpaired) electrons. The fourth-order valence-corrected chi connectivity index (χ4v) is 2.80. The lowest BCUT2D eigenvalue weighted by Crippen LogP contribution is -2.09. The first kappa shape index (κ1) is 17.7. The number of unbranched alkanes of at least 4 members (excludes halogenated alkanes) is 1. The van der Waals surface area contributed by atoms with Gasteiger partial charge in [-0.3, -0.25) is 0 Å². The zero-order valence-corrected chi connectivity index (χ0v) is 14.6. The number of nitrogens with one attached hydrogen (secondary N) is 1. The van der Waals surface area contributed by atoms with Gasteiger partial charge in [-0.2, -0.15) is 0 Å². The maximum absolute atomic E-state index is 5.90. The molecule has 1 unspecified atom stereocenters. The van der Waals surface area contributed by atoms with E-state index in [9.17, 15) is 0 Å². The highest BCUT2D eigenvalue weighted by Crippen LogP contribution is 2.20. The van der Waals surface area contributed by atoms with E-state index in [2.05, 4.69) is 53.3 Å². The Kier molecular flexibility index (Phi) is 9.16. The molecule has 0 heterocycles. The van der Waals surface area contributed by atoms with Crippen molar-refractivity contribution in [3.8, 4) is 0 Å². The topological polar surface area (TPSA) is 21.3 Å². The van der Waals surface area contributed by atoms with Crippen LogP contribution in [0.2, 0.25) is 0 Å². The van der Waals surface area contributed by atoms with Gasteiger partial charge in [0.05, 0.1) is 6.61 Å². The molecule has 0 fully saturated rings. The van der Waals surface area contributed by atoms with Gasteiger partial charge in [0.2, 0.25) is 0 Å². The van der Waals surface area contributed by atoms with Crippen LogP contribution in [0.15, 0.2) is 22.7 Å². The fourth-order valence-electron chi connectivity index (χ4n) is 2.26.